The van der Waals surface area contributed by atoms with E-state index in [1.165, 1.54) is 5.56 Å². The number of nitrogens with one attached hydrogen (secondary N) is 2. The Morgan fingerprint density at radius 1 is 1.31 bits per heavy atom. The molecule has 0 aliphatic carbocycles. The van der Waals surface area contributed by atoms with Crippen LogP contribution in [0.1, 0.15) is 25.3 Å². The molecule has 1 amide bonds. The van der Waals surface area contributed by atoms with Crippen molar-refractivity contribution in [3.63, 3.8) is 0 Å². The molecule has 1 aliphatic rings. The number of carbonyl (C=O) groups is 1. The zero-order chi connectivity index (χ0) is 20.2. The number of amides is 1. The van der Waals surface area contributed by atoms with Gasteiger partial charge >= 0.3 is 0 Å². The van der Waals surface area contributed by atoms with E-state index in [0.717, 1.165) is 19.4 Å². The second-order valence-corrected chi connectivity index (χ2v) is 7.46. The van der Waals surface area contributed by atoms with E-state index in [1.54, 1.807) is 19.0 Å². The summed E-state index contributed by atoms with van der Waals surface area (Å²) in [5.74, 6) is 0.918. The summed E-state index contributed by atoms with van der Waals surface area (Å²) in [6.07, 6.45) is 2.37. The van der Waals surface area contributed by atoms with Crippen LogP contribution in [0, 0.1) is 5.92 Å². The maximum atomic E-state index is 11.8. The molecular weight excluding hydrogens is 483 g/mol. The number of hydrogen-bond donors (Lipinski definition) is 2. The van der Waals surface area contributed by atoms with Crippen LogP contribution in [0.3, 0.4) is 0 Å². The molecule has 164 valence electrons. The van der Waals surface area contributed by atoms with Gasteiger partial charge in [-0.3, -0.25) is 4.79 Å². The van der Waals surface area contributed by atoms with E-state index in [-0.39, 0.29) is 42.5 Å². The van der Waals surface area contributed by atoms with E-state index >= 15 is 0 Å². The van der Waals surface area contributed by atoms with Crippen LogP contribution in [-0.4, -0.2) is 69.8 Å². The van der Waals surface area contributed by atoms with Gasteiger partial charge in [0, 0.05) is 33.8 Å². The van der Waals surface area contributed by atoms with Crippen molar-refractivity contribution < 1.29 is 14.3 Å². The summed E-state index contributed by atoms with van der Waals surface area (Å²) in [6, 6.07) is 10.2. The lowest BCUT2D eigenvalue weighted by Gasteiger charge is -2.18. The summed E-state index contributed by atoms with van der Waals surface area (Å²) in [5, 5.41) is 6.61. The molecule has 1 aliphatic heterocycles. The first-order valence-corrected chi connectivity index (χ1v) is 10.00. The lowest BCUT2D eigenvalue weighted by molar-refractivity contribution is -0.127. The van der Waals surface area contributed by atoms with Crippen molar-refractivity contribution in [3.05, 3.63) is 35.9 Å². The van der Waals surface area contributed by atoms with E-state index in [4.69, 9.17) is 9.47 Å². The molecule has 1 fully saturated rings. The number of nitrogens with zero attached hydrogens (tertiary/aromatic N) is 2. The summed E-state index contributed by atoms with van der Waals surface area (Å²) in [4.78, 5) is 17.8. The Morgan fingerprint density at radius 3 is 2.72 bits per heavy atom. The van der Waals surface area contributed by atoms with E-state index in [2.05, 4.69) is 34.7 Å². The van der Waals surface area contributed by atoms with Crippen molar-refractivity contribution in [1.82, 2.24) is 15.5 Å². The Balaban J connectivity index is 0.00000420. The minimum Gasteiger partial charge on any atom is -0.376 e. The van der Waals surface area contributed by atoms with Crippen LogP contribution in [0.25, 0.3) is 0 Å². The standard InChI is InChI=1S/C21H34N4O3.HI/c1-17(15-27-16-18-8-5-4-6-9-18)12-22-21(24-14-20(26)25(2)3)23-13-19-10-7-11-28-19;/h4-6,8-9,17,19H,7,10-16H2,1-3H3,(H2,22,23,24);1H. The van der Waals surface area contributed by atoms with Gasteiger partial charge in [0.05, 0.1) is 19.3 Å². The SMILES string of the molecule is CC(CNC(=NCC(=O)N(C)C)NCC1CCCO1)COCc1ccccc1.I. The highest BCUT2D eigenvalue weighted by atomic mass is 127. The number of ether oxygens (including phenoxy) is 2. The number of aliphatic imine (C=N–C) groups is 1. The Hall–Kier alpha value is -1.39. The van der Waals surface area contributed by atoms with Crippen LogP contribution >= 0.6 is 24.0 Å². The van der Waals surface area contributed by atoms with Crippen LogP contribution < -0.4 is 10.6 Å². The second kappa shape index (κ2) is 14.6. The highest BCUT2D eigenvalue weighted by molar-refractivity contribution is 14.0. The number of likely N-dealkylation sites (N-methyl/N-ethyl adjacent to an activating group) is 1. The molecule has 2 atom stereocenters. The minimum atomic E-state index is -0.0301. The maximum absolute atomic E-state index is 11.8. The van der Waals surface area contributed by atoms with Crippen molar-refractivity contribution in [2.45, 2.75) is 32.5 Å². The van der Waals surface area contributed by atoms with Crippen molar-refractivity contribution in [2.24, 2.45) is 10.9 Å². The largest absolute Gasteiger partial charge is 0.376 e. The number of guanidine groups is 1. The summed E-state index contributed by atoms with van der Waals surface area (Å²) in [5.41, 5.74) is 1.17. The summed E-state index contributed by atoms with van der Waals surface area (Å²) < 4.78 is 11.5. The van der Waals surface area contributed by atoms with Gasteiger partial charge in [-0.15, -0.1) is 24.0 Å². The van der Waals surface area contributed by atoms with E-state index in [0.29, 0.717) is 38.2 Å². The number of carbonyl (C=O) groups excluding carboxylic acids is 1. The quantitative estimate of drug-likeness (QED) is 0.283. The molecule has 0 spiro atoms. The highest BCUT2D eigenvalue weighted by Crippen LogP contribution is 2.10. The number of benzene rings is 1. The molecule has 1 aromatic rings. The molecular formula is C21H35IN4O3. The topological polar surface area (TPSA) is 75.2 Å². The van der Waals surface area contributed by atoms with Gasteiger partial charge in [0.25, 0.3) is 0 Å². The molecule has 0 radical (unpaired) electrons. The fourth-order valence-corrected chi connectivity index (χ4v) is 2.76. The van der Waals surface area contributed by atoms with Crippen molar-refractivity contribution >= 4 is 35.8 Å². The van der Waals surface area contributed by atoms with Crippen molar-refractivity contribution in [1.29, 1.82) is 0 Å². The first-order valence-electron chi connectivity index (χ1n) is 10.00. The molecule has 2 rings (SSSR count). The average Bonchev–Trinajstić information content (AvgIpc) is 3.21. The Kier molecular flexibility index (Phi) is 12.9. The van der Waals surface area contributed by atoms with E-state index < -0.39 is 0 Å². The molecule has 2 unspecified atom stereocenters. The molecule has 29 heavy (non-hydrogen) atoms. The van der Waals surface area contributed by atoms with Crippen LogP contribution in [-0.2, 0) is 20.9 Å². The van der Waals surface area contributed by atoms with Crippen LogP contribution in [0.2, 0.25) is 0 Å². The lowest BCUT2D eigenvalue weighted by Crippen LogP contribution is -2.43. The van der Waals surface area contributed by atoms with Gasteiger partial charge in [-0.05, 0) is 24.3 Å². The van der Waals surface area contributed by atoms with Crippen molar-refractivity contribution in [3.8, 4) is 0 Å². The smallest absolute Gasteiger partial charge is 0.243 e. The third-order valence-corrected chi connectivity index (χ3v) is 4.52. The Morgan fingerprint density at radius 2 is 2.07 bits per heavy atom. The summed E-state index contributed by atoms with van der Waals surface area (Å²) in [6.45, 7) is 5.73. The number of hydrogen-bond acceptors (Lipinski definition) is 4. The molecule has 2 N–H and O–H groups in total. The molecule has 1 aromatic carbocycles. The predicted molar refractivity (Wildman–Crippen MR) is 127 cm³/mol. The molecule has 1 saturated heterocycles. The zero-order valence-corrected chi connectivity index (χ0v) is 20.1. The summed E-state index contributed by atoms with van der Waals surface area (Å²) >= 11 is 0. The molecule has 0 aromatic heterocycles. The van der Waals surface area contributed by atoms with Crippen molar-refractivity contribution in [2.75, 3.05) is 46.9 Å². The predicted octanol–water partition coefficient (Wildman–Crippen LogP) is 2.26. The van der Waals surface area contributed by atoms with Gasteiger partial charge in [-0.1, -0.05) is 37.3 Å². The first kappa shape index (κ1) is 25.6. The minimum absolute atomic E-state index is 0. The molecule has 0 bridgehead atoms. The van der Waals surface area contributed by atoms with E-state index in [1.807, 2.05) is 18.2 Å². The number of rotatable bonds is 10. The monoisotopic (exact) mass is 518 g/mol. The van der Waals surface area contributed by atoms with E-state index in [9.17, 15) is 4.79 Å². The fraction of sp³-hybridized carbons (Fsp3) is 0.619. The third-order valence-electron chi connectivity index (χ3n) is 4.52. The third kappa shape index (κ3) is 10.8. The van der Waals surface area contributed by atoms with Crippen LogP contribution in [0.15, 0.2) is 35.3 Å². The Labute approximate surface area is 191 Å². The van der Waals surface area contributed by atoms with Gasteiger partial charge in [-0.2, -0.15) is 0 Å². The average molecular weight is 518 g/mol. The van der Waals surface area contributed by atoms with Gasteiger partial charge in [0.2, 0.25) is 5.91 Å². The van der Waals surface area contributed by atoms with Gasteiger partial charge < -0.3 is 25.0 Å². The summed E-state index contributed by atoms with van der Waals surface area (Å²) in [7, 11) is 3.47. The van der Waals surface area contributed by atoms with Crippen LogP contribution in [0.5, 0.6) is 0 Å². The maximum Gasteiger partial charge on any atom is 0.243 e. The normalized spacial score (nSPS) is 17.3. The second-order valence-electron chi connectivity index (χ2n) is 7.46. The Bertz CT molecular complexity index is 607. The fourth-order valence-electron chi connectivity index (χ4n) is 2.76. The molecule has 8 heteroatoms. The van der Waals surface area contributed by atoms with Gasteiger partial charge in [0.1, 0.15) is 6.54 Å². The molecule has 7 nitrogen and oxygen atoms in total. The highest BCUT2D eigenvalue weighted by Gasteiger charge is 2.16. The number of halogens is 1. The zero-order valence-electron chi connectivity index (χ0n) is 17.7. The lowest BCUT2D eigenvalue weighted by atomic mass is 10.2. The first-order chi connectivity index (χ1) is 13.5. The molecule has 0 saturated carbocycles. The molecule has 1 heterocycles. The van der Waals surface area contributed by atoms with Gasteiger partial charge in [0.15, 0.2) is 5.96 Å². The van der Waals surface area contributed by atoms with Crippen LogP contribution in [0.4, 0.5) is 0 Å². The van der Waals surface area contributed by atoms with Gasteiger partial charge in [-0.25, -0.2) is 4.99 Å².